The van der Waals surface area contributed by atoms with Gasteiger partial charge in [-0.2, -0.15) is 0 Å². The van der Waals surface area contributed by atoms with E-state index in [2.05, 4.69) is 5.32 Å². The van der Waals surface area contributed by atoms with Crippen LogP contribution in [0.15, 0.2) is 58.7 Å². The predicted octanol–water partition coefficient (Wildman–Crippen LogP) is 3.35. The number of carbonyl (C=O) groups is 2. The van der Waals surface area contributed by atoms with Gasteiger partial charge in [0.25, 0.3) is 0 Å². The predicted molar refractivity (Wildman–Crippen MR) is 99.6 cm³/mol. The number of nitrogens with one attached hydrogen (secondary N) is 1. The van der Waals surface area contributed by atoms with Crippen LogP contribution in [0.3, 0.4) is 0 Å². The molecule has 0 unspecified atom stereocenters. The number of nitrogens with zero attached hydrogens (tertiary/aromatic N) is 1. The number of hydrogen-bond acceptors (Lipinski definition) is 4. The molecule has 2 aliphatic heterocycles. The van der Waals surface area contributed by atoms with Crippen LogP contribution in [-0.2, 0) is 16.1 Å². The van der Waals surface area contributed by atoms with Gasteiger partial charge in [0.1, 0.15) is 5.76 Å². The first-order valence-electron chi connectivity index (χ1n) is 9.14. The van der Waals surface area contributed by atoms with Crippen LogP contribution in [0.5, 0.6) is 0 Å². The first-order chi connectivity index (χ1) is 13.2. The Bertz CT molecular complexity index is 858. The first-order valence-corrected chi connectivity index (χ1v) is 9.14. The molecule has 3 heterocycles. The molecule has 0 saturated carbocycles. The molecule has 1 aromatic carbocycles. The monoisotopic (exact) mass is 366 g/mol. The van der Waals surface area contributed by atoms with Gasteiger partial charge >= 0.3 is 12.0 Å². The summed E-state index contributed by atoms with van der Waals surface area (Å²) in [5.41, 5.74) is 2.61. The standard InChI is InChI=1S/C21H22N2O4/c1-26-20(24)19-17(14-6-3-2-4-7-14)12-15-9-10-18(19)23(15)21(25)22-13-16-8-5-11-27-16/h2-8,11,15,18H,9-10,12-13H2,1H3,(H,22,25)/t15-,18+/m0/s1. The quantitative estimate of drug-likeness (QED) is 0.843. The minimum absolute atomic E-state index is 0.0789. The van der Waals surface area contributed by atoms with Crippen molar-refractivity contribution >= 4 is 17.6 Å². The van der Waals surface area contributed by atoms with E-state index in [1.165, 1.54) is 7.11 Å². The van der Waals surface area contributed by atoms with Crippen LogP contribution in [0, 0.1) is 0 Å². The van der Waals surface area contributed by atoms with Gasteiger partial charge in [0.2, 0.25) is 0 Å². The maximum Gasteiger partial charge on any atom is 0.336 e. The zero-order chi connectivity index (χ0) is 18.8. The largest absolute Gasteiger partial charge is 0.467 e. The highest BCUT2D eigenvalue weighted by Crippen LogP contribution is 2.43. The van der Waals surface area contributed by atoms with Gasteiger partial charge in [0, 0.05) is 6.04 Å². The number of rotatable bonds is 4. The fourth-order valence-electron chi connectivity index (χ4n) is 4.17. The molecule has 1 aromatic heterocycles. The van der Waals surface area contributed by atoms with Crippen molar-refractivity contribution in [1.82, 2.24) is 10.2 Å². The van der Waals surface area contributed by atoms with Crippen LogP contribution in [0.1, 0.15) is 30.6 Å². The van der Waals surface area contributed by atoms with E-state index in [1.807, 2.05) is 41.3 Å². The second-order valence-corrected chi connectivity index (χ2v) is 6.85. The molecule has 2 aromatic rings. The molecule has 2 amide bonds. The molecule has 4 rings (SSSR count). The van der Waals surface area contributed by atoms with E-state index in [1.54, 1.807) is 12.3 Å². The van der Waals surface area contributed by atoms with Gasteiger partial charge in [0.15, 0.2) is 0 Å². The van der Waals surface area contributed by atoms with Crippen molar-refractivity contribution in [3.8, 4) is 0 Å². The molecule has 6 nitrogen and oxygen atoms in total. The van der Waals surface area contributed by atoms with E-state index in [-0.39, 0.29) is 24.1 Å². The van der Waals surface area contributed by atoms with Crippen LogP contribution in [-0.4, -0.2) is 36.1 Å². The van der Waals surface area contributed by atoms with Crippen molar-refractivity contribution in [2.75, 3.05) is 7.11 Å². The molecule has 1 N–H and O–H groups in total. The van der Waals surface area contributed by atoms with Crippen LogP contribution < -0.4 is 5.32 Å². The average Bonchev–Trinajstić information content (AvgIpc) is 3.33. The molecular weight excluding hydrogens is 344 g/mol. The summed E-state index contributed by atoms with van der Waals surface area (Å²) in [4.78, 5) is 27.3. The number of methoxy groups -OCH3 is 1. The highest BCUT2D eigenvalue weighted by atomic mass is 16.5. The Kier molecular flexibility index (Phi) is 4.71. The minimum atomic E-state index is -0.358. The van der Waals surface area contributed by atoms with Gasteiger partial charge < -0.3 is 19.4 Å². The highest BCUT2D eigenvalue weighted by molar-refractivity contribution is 6.01. The molecule has 1 saturated heterocycles. The molecule has 0 spiro atoms. The molecule has 0 aliphatic carbocycles. The van der Waals surface area contributed by atoms with E-state index in [0.717, 1.165) is 24.0 Å². The lowest BCUT2D eigenvalue weighted by atomic mass is 9.88. The van der Waals surface area contributed by atoms with Crippen LogP contribution in [0.25, 0.3) is 5.57 Å². The number of carbonyl (C=O) groups excluding carboxylic acids is 2. The summed E-state index contributed by atoms with van der Waals surface area (Å²) in [6, 6.07) is 13.1. The third kappa shape index (κ3) is 3.23. The molecular formula is C21H22N2O4. The van der Waals surface area contributed by atoms with Crippen molar-refractivity contribution < 1.29 is 18.7 Å². The lowest BCUT2D eigenvalue weighted by molar-refractivity contribution is -0.136. The number of hydrogen-bond donors (Lipinski definition) is 1. The maximum atomic E-state index is 12.9. The van der Waals surface area contributed by atoms with E-state index in [9.17, 15) is 9.59 Å². The zero-order valence-corrected chi connectivity index (χ0v) is 15.2. The molecule has 2 bridgehead atoms. The Hall–Kier alpha value is -3.02. The third-order valence-corrected chi connectivity index (χ3v) is 5.36. The summed E-state index contributed by atoms with van der Waals surface area (Å²) < 4.78 is 10.3. The van der Waals surface area contributed by atoms with Gasteiger partial charge in [0.05, 0.1) is 31.5 Å². The number of esters is 1. The number of ether oxygens (including phenoxy) is 1. The molecule has 27 heavy (non-hydrogen) atoms. The molecule has 2 atom stereocenters. The maximum absolute atomic E-state index is 12.9. The number of furan rings is 1. The van der Waals surface area contributed by atoms with E-state index in [4.69, 9.17) is 9.15 Å². The number of urea groups is 1. The Morgan fingerprint density at radius 3 is 2.70 bits per heavy atom. The second-order valence-electron chi connectivity index (χ2n) is 6.85. The molecule has 0 radical (unpaired) electrons. The van der Waals surface area contributed by atoms with Gasteiger partial charge in [-0.25, -0.2) is 9.59 Å². The highest BCUT2D eigenvalue weighted by Gasteiger charge is 2.46. The summed E-state index contributed by atoms with van der Waals surface area (Å²) in [6.45, 7) is 0.324. The fraction of sp³-hybridized carbons (Fsp3) is 0.333. The molecule has 1 fully saturated rings. The van der Waals surface area contributed by atoms with Crippen LogP contribution in [0.2, 0.25) is 0 Å². The summed E-state index contributed by atoms with van der Waals surface area (Å²) in [5.74, 6) is 0.337. The number of benzene rings is 1. The Morgan fingerprint density at radius 2 is 2.00 bits per heavy atom. The van der Waals surface area contributed by atoms with Gasteiger partial charge in [-0.1, -0.05) is 30.3 Å². The Balaban J connectivity index is 1.63. The van der Waals surface area contributed by atoms with Crippen molar-refractivity contribution in [3.05, 3.63) is 65.6 Å². The van der Waals surface area contributed by atoms with E-state index in [0.29, 0.717) is 24.3 Å². The normalized spacial score (nSPS) is 21.3. The second kappa shape index (κ2) is 7.31. The van der Waals surface area contributed by atoms with Crippen molar-refractivity contribution in [1.29, 1.82) is 0 Å². The van der Waals surface area contributed by atoms with E-state index < -0.39 is 0 Å². The number of fused-ring (bicyclic) bond motifs is 2. The average molecular weight is 366 g/mol. The number of amides is 2. The van der Waals surface area contributed by atoms with Crippen LogP contribution >= 0.6 is 0 Å². The summed E-state index contributed by atoms with van der Waals surface area (Å²) in [5, 5.41) is 2.91. The minimum Gasteiger partial charge on any atom is -0.467 e. The lowest BCUT2D eigenvalue weighted by Crippen LogP contribution is -2.50. The van der Waals surface area contributed by atoms with Gasteiger partial charge in [-0.15, -0.1) is 0 Å². The van der Waals surface area contributed by atoms with E-state index >= 15 is 0 Å². The molecule has 6 heteroatoms. The Morgan fingerprint density at radius 1 is 1.19 bits per heavy atom. The third-order valence-electron chi connectivity index (χ3n) is 5.36. The summed E-state index contributed by atoms with van der Waals surface area (Å²) in [7, 11) is 1.39. The summed E-state index contributed by atoms with van der Waals surface area (Å²) in [6.07, 6.45) is 3.87. The SMILES string of the molecule is COC(=O)C1=C(c2ccccc2)C[C@@H]2CC[C@H]1N2C(=O)NCc1ccco1. The van der Waals surface area contributed by atoms with Gasteiger partial charge in [-0.05, 0) is 42.5 Å². The van der Waals surface area contributed by atoms with Gasteiger partial charge in [-0.3, -0.25) is 0 Å². The fourth-order valence-corrected chi connectivity index (χ4v) is 4.17. The summed E-state index contributed by atoms with van der Waals surface area (Å²) >= 11 is 0. The van der Waals surface area contributed by atoms with Crippen molar-refractivity contribution in [2.24, 2.45) is 0 Å². The smallest absolute Gasteiger partial charge is 0.336 e. The van der Waals surface area contributed by atoms with Crippen molar-refractivity contribution in [2.45, 2.75) is 37.9 Å². The zero-order valence-electron chi connectivity index (χ0n) is 15.2. The topological polar surface area (TPSA) is 71.8 Å². The first kappa shape index (κ1) is 17.4. The molecule has 140 valence electrons. The molecule has 2 aliphatic rings. The van der Waals surface area contributed by atoms with Crippen molar-refractivity contribution in [3.63, 3.8) is 0 Å². The Labute approximate surface area is 157 Å². The lowest BCUT2D eigenvalue weighted by Gasteiger charge is -2.37. The van der Waals surface area contributed by atoms with Crippen LogP contribution in [0.4, 0.5) is 4.79 Å².